The lowest BCUT2D eigenvalue weighted by Crippen LogP contribution is -2.32. The highest BCUT2D eigenvalue weighted by Crippen LogP contribution is 2.10. The number of nitrogens with zero attached hydrogens (tertiary/aromatic N) is 2. The Hall–Kier alpha value is -2.63. The summed E-state index contributed by atoms with van der Waals surface area (Å²) < 4.78 is 4.96. The molecule has 0 aromatic carbocycles. The second kappa shape index (κ2) is 10.2. The van der Waals surface area contributed by atoms with E-state index in [-0.39, 0.29) is 5.84 Å². The van der Waals surface area contributed by atoms with Crippen LogP contribution in [-0.2, 0) is 4.74 Å². The largest absolute Gasteiger partial charge is 0.449 e. The standard InChI is InChI=1S/C18H26N4O2/c1-5-12-24-18(23)22-15(6-2)17(19)21-14(4)10-9-13(3)16-8-7-11-20-16/h6-9H,4-5,10-12H2,1-3H3,(H2,19,21)(H,22,23)/b13-9+,15-6+. The number of nitrogens with one attached hydrogen (secondary N) is 1. The summed E-state index contributed by atoms with van der Waals surface area (Å²) in [5.41, 5.74) is 8.98. The van der Waals surface area contributed by atoms with Crippen LogP contribution in [0.1, 0.15) is 33.6 Å². The van der Waals surface area contributed by atoms with Crippen molar-refractivity contribution in [3.8, 4) is 0 Å². The maximum atomic E-state index is 11.6. The first kappa shape index (κ1) is 19.4. The second-order valence-electron chi connectivity index (χ2n) is 5.25. The number of amidine groups is 1. The van der Waals surface area contributed by atoms with Crippen LogP contribution in [0.2, 0.25) is 0 Å². The van der Waals surface area contributed by atoms with Crippen molar-refractivity contribution < 1.29 is 9.53 Å². The number of rotatable bonds is 8. The van der Waals surface area contributed by atoms with Crippen molar-refractivity contribution in [3.63, 3.8) is 0 Å². The Kier molecular flexibility index (Phi) is 8.25. The molecular weight excluding hydrogens is 304 g/mol. The molecule has 3 N–H and O–H groups in total. The number of aliphatic imine (C=N–C) groups is 2. The fourth-order valence-corrected chi connectivity index (χ4v) is 1.90. The predicted octanol–water partition coefficient (Wildman–Crippen LogP) is 3.24. The predicted molar refractivity (Wildman–Crippen MR) is 99.1 cm³/mol. The van der Waals surface area contributed by atoms with Gasteiger partial charge in [0.05, 0.1) is 24.6 Å². The molecule has 0 unspecified atom stereocenters. The van der Waals surface area contributed by atoms with Gasteiger partial charge in [-0.3, -0.25) is 10.3 Å². The molecule has 0 aromatic heterocycles. The van der Waals surface area contributed by atoms with Crippen LogP contribution in [0, 0.1) is 0 Å². The number of carbonyl (C=O) groups is 1. The van der Waals surface area contributed by atoms with Crippen molar-refractivity contribution in [1.29, 1.82) is 0 Å². The summed E-state index contributed by atoms with van der Waals surface area (Å²) in [6.07, 6.45) is 8.44. The van der Waals surface area contributed by atoms with Crippen molar-refractivity contribution in [3.05, 3.63) is 47.9 Å². The molecule has 1 heterocycles. The summed E-state index contributed by atoms with van der Waals surface area (Å²) in [7, 11) is 0. The third-order valence-electron chi connectivity index (χ3n) is 3.21. The van der Waals surface area contributed by atoms with Gasteiger partial charge in [0.25, 0.3) is 0 Å². The molecule has 0 saturated heterocycles. The van der Waals surface area contributed by atoms with Crippen molar-refractivity contribution >= 4 is 17.6 Å². The summed E-state index contributed by atoms with van der Waals surface area (Å²) in [4.78, 5) is 20.2. The zero-order chi connectivity index (χ0) is 17.9. The topological polar surface area (TPSA) is 89.1 Å². The molecule has 0 atom stereocenters. The maximum Gasteiger partial charge on any atom is 0.411 e. The molecule has 6 heteroatoms. The summed E-state index contributed by atoms with van der Waals surface area (Å²) >= 11 is 0. The third kappa shape index (κ3) is 6.64. The molecule has 24 heavy (non-hydrogen) atoms. The van der Waals surface area contributed by atoms with Gasteiger partial charge in [0.15, 0.2) is 0 Å². The molecule has 6 nitrogen and oxygen atoms in total. The Balaban J connectivity index is 2.61. The minimum absolute atomic E-state index is 0.195. The van der Waals surface area contributed by atoms with Gasteiger partial charge in [-0.25, -0.2) is 9.79 Å². The van der Waals surface area contributed by atoms with Gasteiger partial charge in [0.1, 0.15) is 5.84 Å². The molecule has 0 aromatic rings. The zero-order valence-corrected chi connectivity index (χ0v) is 14.6. The van der Waals surface area contributed by atoms with Crippen LogP contribution in [-0.4, -0.2) is 30.8 Å². The molecule has 130 valence electrons. The molecule has 0 aliphatic carbocycles. The number of carbonyl (C=O) groups excluding carboxylic acids is 1. The van der Waals surface area contributed by atoms with E-state index in [4.69, 9.17) is 10.5 Å². The lowest BCUT2D eigenvalue weighted by atomic mass is 10.1. The molecule has 1 aliphatic rings. The Bertz CT molecular complexity index is 625. The maximum absolute atomic E-state index is 11.6. The fraction of sp³-hybridized carbons (Fsp3) is 0.389. The van der Waals surface area contributed by atoms with Crippen molar-refractivity contribution in [1.82, 2.24) is 5.32 Å². The van der Waals surface area contributed by atoms with E-state index in [0.29, 0.717) is 24.4 Å². The lowest BCUT2D eigenvalue weighted by Gasteiger charge is -2.09. The van der Waals surface area contributed by atoms with Crippen LogP contribution < -0.4 is 11.1 Å². The Morgan fingerprint density at radius 1 is 1.58 bits per heavy atom. The Morgan fingerprint density at radius 3 is 2.92 bits per heavy atom. The molecular formula is C18H26N4O2. The SMILES string of the molecule is C=C(C/C=C(\C)C1=NCC=C1)/N=C(N)\C(=C/C)NC(=O)OCCC. The second-order valence-corrected chi connectivity index (χ2v) is 5.25. The van der Waals surface area contributed by atoms with Crippen LogP contribution in [0.3, 0.4) is 0 Å². The van der Waals surface area contributed by atoms with Crippen LogP contribution >= 0.6 is 0 Å². The number of nitrogens with two attached hydrogens (primary N) is 1. The first-order valence-electron chi connectivity index (χ1n) is 7.98. The van der Waals surface area contributed by atoms with Crippen LogP contribution in [0.4, 0.5) is 4.79 Å². The van der Waals surface area contributed by atoms with Gasteiger partial charge >= 0.3 is 6.09 Å². The zero-order valence-electron chi connectivity index (χ0n) is 14.6. The molecule has 0 fully saturated rings. The Morgan fingerprint density at radius 2 is 2.33 bits per heavy atom. The van der Waals surface area contributed by atoms with E-state index in [1.165, 1.54) is 0 Å². The van der Waals surface area contributed by atoms with E-state index in [1.807, 2.05) is 32.1 Å². The van der Waals surface area contributed by atoms with Gasteiger partial charge in [-0.15, -0.1) is 0 Å². The number of hydrogen-bond acceptors (Lipinski definition) is 4. The van der Waals surface area contributed by atoms with E-state index in [2.05, 4.69) is 21.9 Å². The summed E-state index contributed by atoms with van der Waals surface area (Å²) in [6, 6.07) is 0. The van der Waals surface area contributed by atoms with Crippen molar-refractivity contribution in [2.24, 2.45) is 15.7 Å². The average molecular weight is 330 g/mol. The minimum Gasteiger partial charge on any atom is -0.449 e. The van der Waals surface area contributed by atoms with Gasteiger partial charge in [0.2, 0.25) is 0 Å². The number of alkyl carbamates (subject to hydrolysis) is 1. The summed E-state index contributed by atoms with van der Waals surface area (Å²) in [6.45, 7) is 10.7. The van der Waals surface area contributed by atoms with Crippen LogP contribution in [0.15, 0.2) is 57.8 Å². The first-order chi connectivity index (χ1) is 11.5. The first-order valence-corrected chi connectivity index (χ1v) is 7.98. The lowest BCUT2D eigenvalue weighted by molar-refractivity contribution is 0.149. The van der Waals surface area contributed by atoms with E-state index in [1.54, 1.807) is 13.0 Å². The number of amides is 1. The minimum atomic E-state index is -0.546. The smallest absolute Gasteiger partial charge is 0.411 e. The normalized spacial score (nSPS) is 15.3. The van der Waals surface area contributed by atoms with Crippen LogP contribution in [0.5, 0.6) is 0 Å². The van der Waals surface area contributed by atoms with Crippen LogP contribution in [0.25, 0.3) is 0 Å². The molecule has 1 aliphatic heterocycles. The summed E-state index contributed by atoms with van der Waals surface area (Å²) in [5, 5.41) is 2.58. The molecule has 1 rings (SSSR count). The summed E-state index contributed by atoms with van der Waals surface area (Å²) in [5.74, 6) is 0.195. The molecule has 0 saturated carbocycles. The van der Waals surface area contributed by atoms with Gasteiger partial charge in [-0.1, -0.05) is 31.7 Å². The van der Waals surface area contributed by atoms with Gasteiger partial charge in [0, 0.05) is 12.1 Å². The van der Waals surface area contributed by atoms with E-state index in [0.717, 1.165) is 24.3 Å². The molecule has 1 amide bonds. The van der Waals surface area contributed by atoms with Crippen molar-refractivity contribution in [2.75, 3.05) is 13.2 Å². The number of hydrogen-bond donors (Lipinski definition) is 2. The van der Waals surface area contributed by atoms with E-state index in [9.17, 15) is 4.79 Å². The Labute approximate surface area is 143 Å². The highest BCUT2D eigenvalue weighted by atomic mass is 16.5. The monoisotopic (exact) mass is 330 g/mol. The third-order valence-corrected chi connectivity index (χ3v) is 3.21. The van der Waals surface area contributed by atoms with Gasteiger partial charge in [-0.2, -0.15) is 0 Å². The highest BCUT2D eigenvalue weighted by molar-refractivity contribution is 6.09. The number of ether oxygens (including phenoxy) is 1. The fourth-order valence-electron chi connectivity index (χ4n) is 1.90. The molecule has 0 bridgehead atoms. The van der Waals surface area contributed by atoms with Gasteiger partial charge < -0.3 is 10.5 Å². The average Bonchev–Trinajstić information content (AvgIpc) is 3.10. The van der Waals surface area contributed by atoms with Crippen molar-refractivity contribution in [2.45, 2.75) is 33.6 Å². The van der Waals surface area contributed by atoms with Gasteiger partial charge in [-0.05, 0) is 31.9 Å². The van der Waals surface area contributed by atoms with E-state index >= 15 is 0 Å². The van der Waals surface area contributed by atoms with E-state index < -0.39 is 6.09 Å². The highest BCUT2D eigenvalue weighted by Gasteiger charge is 2.08. The quantitative estimate of drug-likeness (QED) is 0.529. The molecule has 0 radical (unpaired) electrons. The molecule has 0 spiro atoms. The number of allylic oxidation sites excluding steroid dienone is 4.